The van der Waals surface area contributed by atoms with Crippen molar-refractivity contribution >= 4 is 22.5 Å². The molecule has 3 rings (SSSR count). The number of benzene rings is 1. The zero-order chi connectivity index (χ0) is 12.4. The van der Waals surface area contributed by atoms with E-state index < -0.39 is 0 Å². The van der Waals surface area contributed by atoms with E-state index in [9.17, 15) is 4.79 Å². The maximum Gasteiger partial charge on any atom is 0.291 e. The Morgan fingerprint density at radius 3 is 2.83 bits per heavy atom. The maximum atomic E-state index is 11.9. The number of hydrogen-bond acceptors (Lipinski definition) is 3. The predicted molar refractivity (Wildman–Crippen MR) is 68.4 cm³/mol. The van der Waals surface area contributed by atoms with Crippen LogP contribution in [0.3, 0.4) is 0 Å². The van der Waals surface area contributed by atoms with Gasteiger partial charge in [-0.15, -0.1) is 0 Å². The highest BCUT2D eigenvalue weighted by atomic mass is 16.3. The second-order valence-electron chi connectivity index (χ2n) is 3.81. The Morgan fingerprint density at radius 2 is 2.00 bits per heavy atom. The minimum atomic E-state index is -0.279. The molecule has 2 heterocycles. The molecule has 4 heteroatoms. The summed E-state index contributed by atoms with van der Waals surface area (Å²) in [6, 6.07) is 12.7. The van der Waals surface area contributed by atoms with E-state index in [1.807, 2.05) is 30.3 Å². The molecule has 0 aliphatic carbocycles. The fourth-order valence-corrected chi connectivity index (χ4v) is 1.80. The average Bonchev–Trinajstić information content (AvgIpc) is 2.93. The van der Waals surface area contributed by atoms with Crippen molar-refractivity contribution in [2.45, 2.75) is 0 Å². The molecule has 88 valence electrons. The van der Waals surface area contributed by atoms with Gasteiger partial charge in [0.05, 0.1) is 17.5 Å². The standard InChI is InChI=1S/C14H10N2O2/c17-14(12-7-3-9-18-12)16-11-6-1-4-10-5-2-8-15-13(10)11/h1-9H,(H,16,17). The van der Waals surface area contributed by atoms with E-state index >= 15 is 0 Å². The van der Waals surface area contributed by atoms with Crippen LogP contribution in [0.2, 0.25) is 0 Å². The van der Waals surface area contributed by atoms with Crippen LogP contribution in [0.1, 0.15) is 10.6 Å². The van der Waals surface area contributed by atoms with Crippen LogP contribution in [0.4, 0.5) is 5.69 Å². The van der Waals surface area contributed by atoms with E-state index in [4.69, 9.17) is 4.42 Å². The van der Waals surface area contributed by atoms with Gasteiger partial charge in [-0.3, -0.25) is 9.78 Å². The molecule has 1 N–H and O–H groups in total. The van der Waals surface area contributed by atoms with Gasteiger partial charge in [-0.25, -0.2) is 0 Å². The normalized spacial score (nSPS) is 10.4. The third kappa shape index (κ3) is 1.84. The number of rotatable bonds is 2. The van der Waals surface area contributed by atoms with Crippen LogP contribution in [0, 0.1) is 0 Å². The van der Waals surface area contributed by atoms with Gasteiger partial charge in [0.15, 0.2) is 5.76 Å². The zero-order valence-electron chi connectivity index (χ0n) is 9.46. The Kier molecular flexibility index (Phi) is 2.53. The Bertz CT molecular complexity index is 685. The second-order valence-corrected chi connectivity index (χ2v) is 3.81. The first-order chi connectivity index (χ1) is 8.84. The number of fused-ring (bicyclic) bond motifs is 1. The highest BCUT2D eigenvalue weighted by Crippen LogP contribution is 2.21. The van der Waals surface area contributed by atoms with E-state index in [-0.39, 0.29) is 11.7 Å². The Labute approximate surface area is 103 Å². The van der Waals surface area contributed by atoms with Gasteiger partial charge in [0, 0.05) is 11.6 Å². The van der Waals surface area contributed by atoms with Gasteiger partial charge in [0.25, 0.3) is 5.91 Å². The number of carbonyl (C=O) groups excluding carboxylic acids is 1. The van der Waals surface area contributed by atoms with Crippen molar-refractivity contribution in [3.63, 3.8) is 0 Å². The number of para-hydroxylation sites is 1. The number of pyridine rings is 1. The van der Waals surface area contributed by atoms with Crippen LogP contribution in [-0.2, 0) is 0 Å². The first-order valence-electron chi connectivity index (χ1n) is 5.53. The number of nitrogens with one attached hydrogen (secondary N) is 1. The van der Waals surface area contributed by atoms with Crippen LogP contribution < -0.4 is 5.32 Å². The number of nitrogens with zero attached hydrogens (tertiary/aromatic N) is 1. The quantitative estimate of drug-likeness (QED) is 0.746. The molecule has 4 nitrogen and oxygen atoms in total. The van der Waals surface area contributed by atoms with Crippen LogP contribution in [-0.4, -0.2) is 10.9 Å². The molecule has 0 aliphatic rings. The lowest BCUT2D eigenvalue weighted by molar-refractivity contribution is 0.0997. The molecule has 3 aromatic rings. The number of amides is 1. The lowest BCUT2D eigenvalue weighted by Gasteiger charge is -2.06. The molecule has 0 atom stereocenters. The van der Waals surface area contributed by atoms with Crippen molar-refractivity contribution in [2.75, 3.05) is 5.32 Å². The van der Waals surface area contributed by atoms with Crippen molar-refractivity contribution in [3.05, 3.63) is 60.7 Å². The lowest BCUT2D eigenvalue weighted by Crippen LogP contribution is -2.11. The number of carbonyl (C=O) groups is 1. The molecule has 1 amide bonds. The van der Waals surface area contributed by atoms with Crippen LogP contribution in [0.15, 0.2) is 59.3 Å². The van der Waals surface area contributed by atoms with E-state index in [1.165, 1.54) is 6.26 Å². The summed E-state index contributed by atoms with van der Waals surface area (Å²) in [5.41, 5.74) is 1.44. The van der Waals surface area contributed by atoms with Gasteiger partial charge >= 0.3 is 0 Å². The van der Waals surface area contributed by atoms with E-state index in [2.05, 4.69) is 10.3 Å². The highest BCUT2D eigenvalue weighted by molar-refractivity contribution is 6.06. The smallest absolute Gasteiger partial charge is 0.291 e. The first kappa shape index (κ1) is 10.5. The molecule has 0 unspecified atom stereocenters. The molecule has 0 saturated heterocycles. The summed E-state index contributed by atoms with van der Waals surface area (Å²) in [7, 11) is 0. The molecule has 0 saturated carbocycles. The Balaban J connectivity index is 1.98. The zero-order valence-corrected chi connectivity index (χ0v) is 9.46. The average molecular weight is 238 g/mol. The molecule has 0 spiro atoms. The van der Waals surface area contributed by atoms with E-state index in [1.54, 1.807) is 18.3 Å². The minimum Gasteiger partial charge on any atom is -0.459 e. The number of hydrogen-bond donors (Lipinski definition) is 1. The summed E-state index contributed by atoms with van der Waals surface area (Å²) in [5.74, 6) is 0.00101. The first-order valence-corrected chi connectivity index (χ1v) is 5.53. The highest BCUT2D eigenvalue weighted by Gasteiger charge is 2.10. The number of furan rings is 1. The summed E-state index contributed by atoms with van der Waals surface area (Å²) in [6.07, 6.45) is 3.17. The molecule has 0 bridgehead atoms. The largest absolute Gasteiger partial charge is 0.459 e. The molecule has 0 fully saturated rings. The van der Waals surface area contributed by atoms with Gasteiger partial charge in [-0.05, 0) is 24.3 Å². The predicted octanol–water partition coefficient (Wildman–Crippen LogP) is 3.08. The van der Waals surface area contributed by atoms with E-state index in [0.717, 1.165) is 10.9 Å². The summed E-state index contributed by atoms with van der Waals surface area (Å²) >= 11 is 0. The summed E-state index contributed by atoms with van der Waals surface area (Å²) < 4.78 is 5.05. The van der Waals surface area contributed by atoms with Crippen molar-refractivity contribution in [2.24, 2.45) is 0 Å². The Morgan fingerprint density at radius 1 is 1.11 bits per heavy atom. The maximum absolute atomic E-state index is 11.9. The van der Waals surface area contributed by atoms with Crippen molar-refractivity contribution in [1.82, 2.24) is 4.98 Å². The SMILES string of the molecule is O=C(Nc1cccc2cccnc12)c1ccco1. The monoisotopic (exact) mass is 238 g/mol. The summed E-state index contributed by atoms with van der Waals surface area (Å²) in [5, 5.41) is 3.77. The molecular weight excluding hydrogens is 228 g/mol. The fourth-order valence-electron chi connectivity index (χ4n) is 1.80. The Hall–Kier alpha value is -2.62. The molecule has 0 aliphatic heterocycles. The van der Waals surface area contributed by atoms with Crippen molar-refractivity contribution < 1.29 is 9.21 Å². The van der Waals surface area contributed by atoms with Crippen molar-refractivity contribution in [3.8, 4) is 0 Å². The van der Waals surface area contributed by atoms with Crippen LogP contribution in [0.25, 0.3) is 10.9 Å². The van der Waals surface area contributed by atoms with Crippen LogP contribution in [0.5, 0.6) is 0 Å². The van der Waals surface area contributed by atoms with Crippen LogP contribution >= 0.6 is 0 Å². The molecule has 0 radical (unpaired) electrons. The minimum absolute atomic E-state index is 0.279. The lowest BCUT2D eigenvalue weighted by atomic mass is 10.2. The third-order valence-electron chi connectivity index (χ3n) is 2.63. The molecule has 18 heavy (non-hydrogen) atoms. The van der Waals surface area contributed by atoms with Gasteiger partial charge < -0.3 is 9.73 Å². The summed E-state index contributed by atoms with van der Waals surface area (Å²) in [4.78, 5) is 16.2. The van der Waals surface area contributed by atoms with Gasteiger partial charge in [0.1, 0.15) is 0 Å². The fraction of sp³-hybridized carbons (Fsp3) is 0. The molecule has 2 aromatic heterocycles. The van der Waals surface area contributed by atoms with E-state index in [0.29, 0.717) is 5.69 Å². The van der Waals surface area contributed by atoms with Gasteiger partial charge in [0.2, 0.25) is 0 Å². The molecule has 1 aromatic carbocycles. The van der Waals surface area contributed by atoms with Crippen molar-refractivity contribution in [1.29, 1.82) is 0 Å². The molecular formula is C14H10N2O2. The summed E-state index contributed by atoms with van der Waals surface area (Å²) in [6.45, 7) is 0. The van der Waals surface area contributed by atoms with Gasteiger partial charge in [-0.1, -0.05) is 18.2 Å². The number of aromatic nitrogens is 1. The third-order valence-corrected chi connectivity index (χ3v) is 2.63. The topological polar surface area (TPSA) is 55.1 Å². The number of anilines is 1. The second kappa shape index (κ2) is 4.33. The van der Waals surface area contributed by atoms with Gasteiger partial charge in [-0.2, -0.15) is 0 Å².